The second kappa shape index (κ2) is 3.22. The molecular weight excluding hydrogens is 168 g/mol. The van der Waals surface area contributed by atoms with E-state index in [1.165, 1.54) is 0 Å². The number of carbonyl (C=O) groups excluding carboxylic acids is 1. The number of nitrogens with two attached hydrogens (primary N) is 1. The van der Waals surface area contributed by atoms with E-state index in [9.17, 15) is 13.6 Å². The molecule has 0 aliphatic carbocycles. The van der Waals surface area contributed by atoms with Crippen LogP contribution in [0.25, 0.3) is 0 Å². The van der Waals surface area contributed by atoms with Gasteiger partial charge in [-0.3, -0.25) is 10.2 Å². The fraction of sp³-hybridized carbons (Fsp3) is 0. The molecule has 6 heteroatoms. The molecule has 0 aliphatic rings. The average molecular weight is 173 g/mol. The molecule has 1 aromatic rings. The van der Waals surface area contributed by atoms with Crippen molar-refractivity contribution in [1.29, 1.82) is 0 Å². The van der Waals surface area contributed by atoms with Gasteiger partial charge in [-0.2, -0.15) is 4.39 Å². The number of hydrazine groups is 1. The lowest BCUT2D eigenvalue weighted by molar-refractivity contribution is 0.0943. The summed E-state index contributed by atoms with van der Waals surface area (Å²) in [6, 6.07) is 1.61. The lowest BCUT2D eigenvalue weighted by atomic mass is 10.3. The summed E-state index contributed by atoms with van der Waals surface area (Å²) in [4.78, 5) is 13.7. The molecule has 1 heterocycles. The number of nitrogens with zero attached hydrogens (tertiary/aromatic N) is 1. The predicted octanol–water partition coefficient (Wildman–Crippen LogP) is -0.0367. The Kier molecular flexibility index (Phi) is 2.29. The van der Waals surface area contributed by atoms with Gasteiger partial charge in [0.2, 0.25) is 5.95 Å². The smallest absolute Gasteiger partial charge is 0.286 e. The van der Waals surface area contributed by atoms with Crippen molar-refractivity contribution >= 4 is 5.91 Å². The van der Waals surface area contributed by atoms with Crippen LogP contribution in [0.5, 0.6) is 0 Å². The van der Waals surface area contributed by atoms with Crippen LogP contribution < -0.4 is 11.3 Å². The van der Waals surface area contributed by atoms with E-state index >= 15 is 0 Å². The summed E-state index contributed by atoms with van der Waals surface area (Å²) in [5, 5.41) is 0. The zero-order valence-electron chi connectivity index (χ0n) is 5.84. The highest BCUT2D eigenvalue weighted by atomic mass is 19.1. The number of amides is 1. The van der Waals surface area contributed by atoms with Gasteiger partial charge in [0, 0.05) is 0 Å². The lowest BCUT2D eigenvalue weighted by Crippen LogP contribution is -2.31. The Morgan fingerprint density at radius 3 is 2.75 bits per heavy atom. The summed E-state index contributed by atoms with van der Waals surface area (Å²) < 4.78 is 25.0. The first kappa shape index (κ1) is 8.54. The Hall–Kier alpha value is -1.56. The van der Waals surface area contributed by atoms with Gasteiger partial charge in [-0.05, 0) is 12.1 Å². The SMILES string of the molecule is NNC(=O)c1nc(F)ccc1F. The number of hydrogen-bond donors (Lipinski definition) is 2. The molecule has 12 heavy (non-hydrogen) atoms. The maximum Gasteiger partial charge on any atom is 0.286 e. The van der Waals surface area contributed by atoms with E-state index < -0.39 is 23.4 Å². The number of aromatic nitrogens is 1. The molecule has 64 valence electrons. The molecule has 0 saturated carbocycles. The van der Waals surface area contributed by atoms with E-state index in [0.717, 1.165) is 12.1 Å². The van der Waals surface area contributed by atoms with E-state index in [4.69, 9.17) is 5.84 Å². The Balaban J connectivity index is 3.13. The monoisotopic (exact) mass is 173 g/mol. The highest BCUT2D eigenvalue weighted by molar-refractivity contribution is 5.91. The molecule has 1 amide bonds. The third-order valence-corrected chi connectivity index (χ3v) is 1.16. The quantitative estimate of drug-likeness (QED) is 0.271. The standard InChI is InChI=1S/C6H5F2N3O/c7-3-1-2-4(8)10-5(3)6(12)11-9/h1-2H,9H2,(H,11,12). The molecule has 3 N–H and O–H groups in total. The summed E-state index contributed by atoms with van der Waals surface area (Å²) in [6.07, 6.45) is 0. The Morgan fingerprint density at radius 1 is 1.50 bits per heavy atom. The van der Waals surface area contributed by atoms with Crippen LogP contribution in [0.1, 0.15) is 10.5 Å². The summed E-state index contributed by atoms with van der Waals surface area (Å²) in [5.41, 5.74) is 0.986. The molecular formula is C6H5F2N3O. The zero-order valence-corrected chi connectivity index (χ0v) is 5.84. The Labute approximate surface area is 66.4 Å². The summed E-state index contributed by atoms with van der Waals surface area (Å²) in [7, 11) is 0. The van der Waals surface area contributed by atoms with Crippen molar-refractivity contribution in [2.75, 3.05) is 0 Å². The molecule has 0 atom stereocenters. The number of nitrogen functional groups attached to an aromatic ring is 1. The maximum atomic E-state index is 12.7. The second-order valence-electron chi connectivity index (χ2n) is 1.94. The van der Waals surface area contributed by atoms with Crippen LogP contribution in [-0.4, -0.2) is 10.9 Å². The van der Waals surface area contributed by atoms with Gasteiger partial charge in [0.25, 0.3) is 5.91 Å². The first-order valence-electron chi connectivity index (χ1n) is 2.98. The molecule has 0 spiro atoms. The van der Waals surface area contributed by atoms with Gasteiger partial charge >= 0.3 is 0 Å². The van der Waals surface area contributed by atoms with Gasteiger partial charge in [0.05, 0.1) is 0 Å². The minimum Gasteiger partial charge on any atom is -0.289 e. The van der Waals surface area contributed by atoms with Crippen LogP contribution in [0.15, 0.2) is 12.1 Å². The highest BCUT2D eigenvalue weighted by Crippen LogP contribution is 2.04. The van der Waals surface area contributed by atoms with Gasteiger partial charge in [-0.15, -0.1) is 0 Å². The van der Waals surface area contributed by atoms with Crippen molar-refractivity contribution in [2.45, 2.75) is 0 Å². The Bertz CT molecular complexity index is 316. The molecule has 0 fully saturated rings. The van der Waals surface area contributed by atoms with Crippen molar-refractivity contribution < 1.29 is 13.6 Å². The molecule has 1 rings (SSSR count). The van der Waals surface area contributed by atoms with Crippen LogP contribution in [0.2, 0.25) is 0 Å². The third-order valence-electron chi connectivity index (χ3n) is 1.16. The highest BCUT2D eigenvalue weighted by Gasteiger charge is 2.12. The molecule has 0 saturated heterocycles. The maximum absolute atomic E-state index is 12.7. The molecule has 0 bridgehead atoms. The van der Waals surface area contributed by atoms with Crippen LogP contribution >= 0.6 is 0 Å². The topological polar surface area (TPSA) is 68.0 Å². The van der Waals surface area contributed by atoms with Crippen molar-refractivity contribution in [3.8, 4) is 0 Å². The normalized spacial score (nSPS) is 9.58. The fourth-order valence-corrected chi connectivity index (χ4v) is 0.646. The minimum absolute atomic E-state index is 0.655. The van der Waals surface area contributed by atoms with E-state index in [1.54, 1.807) is 5.43 Å². The lowest BCUT2D eigenvalue weighted by Gasteiger charge is -1.98. The largest absolute Gasteiger partial charge is 0.289 e. The summed E-state index contributed by atoms with van der Waals surface area (Å²) >= 11 is 0. The van der Waals surface area contributed by atoms with Crippen molar-refractivity contribution in [3.05, 3.63) is 29.6 Å². The first-order chi connectivity index (χ1) is 5.65. The number of pyridine rings is 1. The molecule has 0 unspecified atom stereocenters. The van der Waals surface area contributed by atoms with E-state index in [2.05, 4.69) is 4.98 Å². The second-order valence-corrected chi connectivity index (χ2v) is 1.94. The zero-order chi connectivity index (χ0) is 9.14. The number of nitrogens with one attached hydrogen (secondary N) is 1. The number of carbonyl (C=O) groups is 1. The van der Waals surface area contributed by atoms with Crippen LogP contribution in [0.3, 0.4) is 0 Å². The fourth-order valence-electron chi connectivity index (χ4n) is 0.646. The number of halogens is 2. The predicted molar refractivity (Wildman–Crippen MR) is 35.8 cm³/mol. The summed E-state index contributed by atoms with van der Waals surface area (Å²) in [5.74, 6) is 1.88. The molecule has 0 radical (unpaired) electrons. The number of hydrogen-bond acceptors (Lipinski definition) is 3. The van der Waals surface area contributed by atoms with Crippen molar-refractivity contribution in [2.24, 2.45) is 5.84 Å². The third kappa shape index (κ3) is 1.54. The first-order valence-corrected chi connectivity index (χ1v) is 2.98. The molecule has 4 nitrogen and oxygen atoms in total. The van der Waals surface area contributed by atoms with Gasteiger partial charge < -0.3 is 0 Å². The van der Waals surface area contributed by atoms with E-state index in [-0.39, 0.29) is 0 Å². The van der Waals surface area contributed by atoms with Crippen LogP contribution in [0, 0.1) is 11.8 Å². The molecule has 0 aromatic carbocycles. The van der Waals surface area contributed by atoms with Gasteiger partial charge in [0.1, 0.15) is 0 Å². The van der Waals surface area contributed by atoms with Gasteiger partial charge in [0.15, 0.2) is 11.5 Å². The van der Waals surface area contributed by atoms with Gasteiger partial charge in [-0.1, -0.05) is 0 Å². The molecule has 1 aromatic heterocycles. The van der Waals surface area contributed by atoms with E-state index in [1.807, 2.05) is 0 Å². The minimum atomic E-state index is -0.966. The van der Waals surface area contributed by atoms with Crippen molar-refractivity contribution in [3.63, 3.8) is 0 Å². The summed E-state index contributed by atoms with van der Waals surface area (Å²) in [6.45, 7) is 0. The van der Waals surface area contributed by atoms with Crippen LogP contribution in [0.4, 0.5) is 8.78 Å². The molecule has 0 aliphatic heterocycles. The van der Waals surface area contributed by atoms with Gasteiger partial charge in [-0.25, -0.2) is 15.2 Å². The van der Waals surface area contributed by atoms with E-state index in [0.29, 0.717) is 0 Å². The average Bonchev–Trinajstić information content (AvgIpc) is 2.08. The Morgan fingerprint density at radius 2 is 2.17 bits per heavy atom. The van der Waals surface area contributed by atoms with Crippen molar-refractivity contribution in [1.82, 2.24) is 10.4 Å². The number of rotatable bonds is 1. The van der Waals surface area contributed by atoms with Crippen LogP contribution in [-0.2, 0) is 0 Å².